The molecule has 1 aliphatic rings. The van der Waals surface area contributed by atoms with Crippen LogP contribution in [0.5, 0.6) is 5.75 Å². The van der Waals surface area contributed by atoms with Crippen LogP contribution >= 0.6 is 23.4 Å². The number of thioether (sulfide) groups is 1. The number of rotatable bonds is 8. The van der Waals surface area contributed by atoms with Gasteiger partial charge in [-0.2, -0.15) is 0 Å². The van der Waals surface area contributed by atoms with Gasteiger partial charge in [0, 0.05) is 25.0 Å². The summed E-state index contributed by atoms with van der Waals surface area (Å²) < 4.78 is 6.98. The molecule has 3 aromatic carbocycles. The fourth-order valence-corrected chi connectivity index (χ4v) is 6.11. The molecule has 1 atom stereocenters. The lowest BCUT2D eigenvalue weighted by Crippen LogP contribution is -2.45. The standard InChI is InChI=1S/C33H31ClN6O3S/c1-20(26-17-22-9-8-12-25(34)27(22)32(42)40(26)23-10-6-5-7-11-23)35-29-28-30(37-33(36-29)44-4)39(19-38(2)31(28)41)18-21-13-15-24(43-3)16-14-21/h5-17,20H,18-19H2,1-4H3,(H,35,36,37)/t20-/m0/s1. The van der Waals surface area contributed by atoms with E-state index in [2.05, 4.69) is 10.2 Å². The van der Waals surface area contributed by atoms with Crippen molar-refractivity contribution in [2.24, 2.45) is 0 Å². The van der Waals surface area contributed by atoms with E-state index in [1.165, 1.54) is 11.8 Å². The van der Waals surface area contributed by atoms with Crippen molar-refractivity contribution in [2.75, 3.05) is 37.3 Å². The van der Waals surface area contributed by atoms with Crippen LogP contribution in [0.25, 0.3) is 16.5 Å². The molecule has 9 nitrogen and oxygen atoms in total. The summed E-state index contributed by atoms with van der Waals surface area (Å²) in [6.45, 7) is 2.86. The summed E-state index contributed by atoms with van der Waals surface area (Å²) in [5, 5.41) is 5.58. The molecule has 11 heteroatoms. The van der Waals surface area contributed by atoms with Crippen molar-refractivity contribution in [1.82, 2.24) is 19.4 Å². The van der Waals surface area contributed by atoms with Gasteiger partial charge in [-0.05, 0) is 60.5 Å². The molecular formula is C33H31ClN6O3S. The molecule has 1 amide bonds. The lowest BCUT2D eigenvalue weighted by Gasteiger charge is -2.36. The molecule has 44 heavy (non-hydrogen) atoms. The first-order valence-corrected chi connectivity index (χ1v) is 15.6. The van der Waals surface area contributed by atoms with E-state index in [0.29, 0.717) is 57.4 Å². The molecule has 0 bridgehead atoms. The smallest absolute Gasteiger partial charge is 0.264 e. The molecule has 0 unspecified atom stereocenters. The molecule has 0 saturated heterocycles. The molecule has 6 rings (SSSR count). The Bertz CT molecular complexity index is 1920. The van der Waals surface area contributed by atoms with Gasteiger partial charge in [0.2, 0.25) is 0 Å². The molecule has 2 aromatic heterocycles. The SMILES string of the molecule is COc1ccc(CN2CN(C)C(=O)c3c(N[C@@H](C)c4cc5cccc(Cl)c5c(=O)n4-c4ccccc4)nc(SC)nc32)cc1. The number of para-hydroxylation sites is 1. The Hall–Kier alpha value is -4.54. The highest BCUT2D eigenvalue weighted by molar-refractivity contribution is 7.98. The van der Waals surface area contributed by atoms with E-state index in [1.807, 2.05) is 86.0 Å². The normalized spacial score (nSPS) is 13.6. The number of ether oxygens (including phenoxy) is 1. The van der Waals surface area contributed by atoms with E-state index < -0.39 is 6.04 Å². The zero-order chi connectivity index (χ0) is 31.0. The topological polar surface area (TPSA) is 92.6 Å². The fourth-order valence-electron chi connectivity index (χ4n) is 5.49. The minimum absolute atomic E-state index is 0.181. The van der Waals surface area contributed by atoms with Gasteiger partial charge in [-0.1, -0.05) is 65.8 Å². The Morgan fingerprint density at radius 2 is 1.77 bits per heavy atom. The molecule has 1 aliphatic heterocycles. The van der Waals surface area contributed by atoms with E-state index in [-0.39, 0.29) is 11.5 Å². The van der Waals surface area contributed by atoms with E-state index in [4.69, 9.17) is 26.3 Å². The third-order valence-electron chi connectivity index (χ3n) is 7.66. The number of fused-ring (bicyclic) bond motifs is 2. The van der Waals surface area contributed by atoms with E-state index in [9.17, 15) is 9.59 Å². The maximum absolute atomic E-state index is 14.0. The molecular weight excluding hydrogens is 596 g/mol. The van der Waals surface area contributed by atoms with Crippen LogP contribution in [-0.4, -0.2) is 52.4 Å². The van der Waals surface area contributed by atoms with Crippen LogP contribution in [0.15, 0.2) is 88.8 Å². The average molecular weight is 627 g/mol. The van der Waals surface area contributed by atoms with Gasteiger partial charge < -0.3 is 19.9 Å². The van der Waals surface area contributed by atoms with Crippen LogP contribution in [0.4, 0.5) is 11.6 Å². The number of pyridine rings is 1. The van der Waals surface area contributed by atoms with Crippen LogP contribution in [0.3, 0.4) is 0 Å². The second-order valence-electron chi connectivity index (χ2n) is 10.6. The van der Waals surface area contributed by atoms with E-state index >= 15 is 0 Å². The predicted octanol–water partition coefficient (Wildman–Crippen LogP) is 6.39. The maximum Gasteiger partial charge on any atom is 0.264 e. The molecule has 0 saturated carbocycles. The number of nitrogens with one attached hydrogen (secondary N) is 1. The summed E-state index contributed by atoms with van der Waals surface area (Å²) in [6.07, 6.45) is 1.90. The van der Waals surface area contributed by atoms with Gasteiger partial charge in [-0.15, -0.1) is 0 Å². The zero-order valence-electron chi connectivity index (χ0n) is 24.7. The summed E-state index contributed by atoms with van der Waals surface area (Å²) in [7, 11) is 3.40. The zero-order valence-corrected chi connectivity index (χ0v) is 26.3. The number of anilines is 2. The van der Waals surface area contributed by atoms with Gasteiger partial charge in [-0.25, -0.2) is 9.97 Å². The molecule has 1 N–H and O–H groups in total. The summed E-state index contributed by atoms with van der Waals surface area (Å²) in [5.41, 5.74) is 2.61. The Balaban J connectivity index is 1.46. The number of carbonyl (C=O) groups is 1. The third kappa shape index (κ3) is 5.46. The summed E-state index contributed by atoms with van der Waals surface area (Å²) in [5.74, 6) is 1.56. The van der Waals surface area contributed by atoms with Crippen molar-refractivity contribution in [3.63, 3.8) is 0 Å². The quantitative estimate of drug-likeness (QED) is 0.157. The first kappa shape index (κ1) is 29.5. The number of hydrogen-bond acceptors (Lipinski definition) is 8. The van der Waals surface area contributed by atoms with Gasteiger partial charge in [0.05, 0.1) is 30.2 Å². The lowest BCUT2D eigenvalue weighted by molar-refractivity contribution is 0.0780. The highest BCUT2D eigenvalue weighted by Gasteiger charge is 2.33. The number of nitrogens with zero attached hydrogens (tertiary/aromatic N) is 5. The Kier molecular flexibility index (Phi) is 8.20. The number of carbonyl (C=O) groups excluding carboxylic acids is 1. The van der Waals surface area contributed by atoms with Gasteiger partial charge in [0.25, 0.3) is 11.5 Å². The first-order valence-electron chi connectivity index (χ1n) is 14.0. The second-order valence-corrected chi connectivity index (χ2v) is 11.7. The van der Waals surface area contributed by atoms with Crippen molar-refractivity contribution in [2.45, 2.75) is 24.7 Å². The van der Waals surface area contributed by atoms with E-state index in [1.54, 1.807) is 29.7 Å². The second kappa shape index (κ2) is 12.2. The van der Waals surface area contributed by atoms with Gasteiger partial charge >= 0.3 is 0 Å². The van der Waals surface area contributed by atoms with E-state index in [0.717, 1.165) is 16.7 Å². The molecule has 224 valence electrons. The van der Waals surface area contributed by atoms with Crippen LogP contribution < -0.4 is 20.5 Å². The van der Waals surface area contributed by atoms with Crippen LogP contribution in [0.1, 0.15) is 34.6 Å². The number of benzene rings is 3. The Morgan fingerprint density at radius 3 is 2.48 bits per heavy atom. The molecule has 0 aliphatic carbocycles. The maximum atomic E-state index is 14.0. The minimum Gasteiger partial charge on any atom is -0.497 e. The van der Waals surface area contributed by atoms with Crippen LogP contribution in [-0.2, 0) is 6.54 Å². The molecule has 0 radical (unpaired) electrons. The van der Waals surface area contributed by atoms with Crippen molar-refractivity contribution in [3.05, 3.63) is 111 Å². The number of aromatic nitrogens is 3. The number of hydrogen-bond donors (Lipinski definition) is 1. The number of amides is 1. The molecule has 3 heterocycles. The third-order valence-corrected chi connectivity index (χ3v) is 8.53. The Morgan fingerprint density at radius 1 is 1.02 bits per heavy atom. The summed E-state index contributed by atoms with van der Waals surface area (Å²) in [6, 6.07) is 24.2. The number of methoxy groups -OCH3 is 1. The van der Waals surface area contributed by atoms with Crippen molar-refractivity contribution in [1.29, 1.82) is 0 Å². The largest absolute Gasteiger partial charge is 0.497 e. The van der Waals surface area contributed by atoms with Crippen molar-refractivity contribution < 1.29 is 9.53 Å². The summed E-state index contributed by atoms with van der Waals surface area (Å²) in [4.78, 5) is 40.9. The summed E-state index contributed by atoms with van der Waals surface area (Å²) >= 11 is 7.91. The molecule has 5 aromatic rings. The predicted molar refractivity (Wildman–Crippen MR) is 177 cm³/mol. The van der Waals surface area contributed by atoms with Gasteiger partial charge in [0.15, 0.2) is 5.16 Å². The highest BCUT2D eigenvalue weighted by Crippen LogP contribution is 2.35. The van der Waals surface area contributed by atoms with Gasteiger partial charge in [0.1, 0.15) is 22.9 Å². The fraction of sp³-hybridized carbons (Fsp3) is 0.212. The number of halogens is 1. The highest BCUT2D eigenvalue weighted by atomic mass is 35.5. The molecule has 0 spiro atoms. The van der Waals surface area contributed by atoms with Gasteiger partial charge in [-0.3, -0.25) is 14.2 Å². The first-order chi connectivity index (χ1) is 21.3. The molecule has 0 fully saturated rings. The van der Waals surface area contributed by atoms with Crippen molar-refractivity contribution in [3.8, 4) is 11.4 Å². The van der Waals surface area contributed by atoms with Crippen molar-refractivity contribution >= 4 is 51.7 Å². The lowest BCUT2D eigenvalue weighted by atomic mass is 10.1. The Labute approximate surface area is 264 Å². The minimum atomic E-state index is -0.435. The van der Waals surface area contributed by atoms with Crippen LogP contribution in [0.2, 0.25) is 5.02 Å². The monoisotopic (exact) mass is 626 g/mol. The van der Waals surface area contributed by atoms with Crippen LogP contribution in [0, 0.1) is 0 Å². The average Bonchev–Trinajstić information content (AvgIpc) is 3.03.